The van der Waals surface area contributed by atoms with Gasteiger partial charge in [0.15, 0.2) is 0 Å². The Morgan fingerprint density at radius 3 is 1.85 bits per heavy atom. The molecule has 6 aromatic carbocycles. The molecule has 8 aromatic rings. The fraction of sp³-hybridized carbons (Fsp3) is 0.254. The van der Waals surface area contributed by atoms with E-state index in [1.54, 1.807) is 0 Å². The number of benzene rings is 6. The van der Waals surface area contributed by atoms with Gasteiger partial charge in [-0.15, -0.1) is 48.1 Å². The van der Waals surface area contributed by atoms with Gasteiger partial charge in [0, 0.05) is 61.1 Å². The molecule has 0 atom stereocenters. The van der Waals surface area contributed by atoms with Crippen molar-refractivity contribution in [2.75, 3.05) is 9.80 Å². The molecule has 1 aliphatic heterocycles. The van der Waals surface area contributed by atoms with Crippen molar-refractivity contribution < 1.29 is 25.8 Å². The van der Waals surface area contributed by atoms with Crippen molar-refractivity contribution in [2.45, 2.75) is 97.8 Å². The molecule has 0 N–H and O–H groups in total. The molecular weight excluding hydrogens is 976 g/mol. The van der Waals surface area contributed by atoms with Gasteiger partial charge in [-0.05, 0) is 91.5 Å². The summed E-state index contributed by atoms with van der Waals surface area (Å²) in [5.41, 5.74) is 12.2. The van der Waals surface area contributed by atoms with E-state index in [0.29, 0.717) is 11.5 Å². The van der Waals surface area contributed by atoms with Gasteiger partial charge < -0.3 is 19.1 Å². The number of hydrogen-bond acceptors (Lipinski definition) is 4. The quantitative estimate of drug-likeness (QED) is 0.142. The number of anilines is 2. The van der Waals surface area contributed by atoms with Gasteiger partial charge in [0.2, 0.25) is 0 Å². The van der Waals surface area contributed by atoms with Crippen LogP contribution in [0.4, 0.5) is 11.4 Å². The minimum absolute atomic E-state index is 0. The van der Waals surface area contributed by atoms with Crippen molar-refractivity contribution in [2.24, 2.45) is 0 Å². The van der Waals surface area contributed by atoms with E-state index >= 15 is 0 Å². The Labute approximate surface area is 401 Å². The molecule has 0 aliphatic carbocycles. The van der Waals surface area contributed by atoms with Crippen LogP contribution in [0, 0.1) is 18.8 Å². The molecule has 0 fully saturated rings. The first-order chi connectivity index (χ1) is 30.3. The topological polar surface area (TPSA) is 33.5 Å². The van der Waals surface area contributed by atoms with Crippen LogP contribution in [0.2, 0.25) is 0 Å². The maximum atomic E-state index is 6.73. The Kier molecular flexibility index (Phi) is 12.0. The molecule has 65 heavy (non-hydrogen) atoms. The first-order valence-electron chi connectivity index (χ1n) is 22.4. The van der Waals surface area contributed by atoms with Crippen molar-refractivity contribution in [1.29, 1.82) is 0 Å². The number of aromatic nitrogens is 2. The van der Waals surface area contributed by atoms with Crippen LogP contribution in [0.15, 0.2) is 152 Å². The van der Waals surface area contributed by atoms with Crippen LogP contribution in [0.25, 0.3) is 33.3 Å². The van der Waals surface area contributed by atoms with Gasteiger partial charge >= 0.3 is 0 Å². The molecule has 3 heterocycles. The first kappa shape index (κ1) is 45.7. The van der Waals surface area contributed by atoms with Crippen molar-refractivity contribution in [3.8, 4) is 17.3 Å². The third-order valence-corrected chi connectivity index (χ3v) is 12.7. The molecule has 0 spiro atoms. The van der Waals surface area contributed by atoms with E-state index in [-0.39, 0.29) is 42.7 Å². The summed E-state index contributed by atoms with van der Waals surface area (Å²) in [5.74, 6) is 2.03. The zero-order chi connectivity index (χ0) is 45.2. The van der Waals surface area contributed by atoms with E-state index in [1.807, 2.05) is 24.4 Å². The van der Waals surface area contributed by atoms with Crippen molar-refractivity contribution >= 4 is 38.9 Å². The molecule has 0 amide bonds. The number of hydrogen-bond donors (Lipinski definition) is 0. The van der Waals surface area contributed by atoms with Crippen LogP contribution in [-0.4, -0.2) is 9.55 Å². The van der Waals surface area contributed by atoms with E-state index in [4.69, 9.17) is 9.72 Å². The third-order valence-electron chi connectivity index (χ3n) is 12.7. The second-order valence-corrected chi connectivity index (χ2v) is 20.8. The maximum absolute atomic E-state index is 6.73. The summed E-state index contributed by atoms with van der Waals surface area (Å²) in [4.78, 5) is 9.44. The monoisotopic (exact) mass is 1030 g/mol. The van der Waals surface area contributed by atoms with E-state index < -0.39 is 0 Å². The molecule has 0 radical (unpaired) electrons. The van der Waals surface area contributed by atoms with Crippen LogP contribution in [-0.2, 0) is 42.7 Å². The number of rotatable bonds is 8. The first-order valence-corrected chi connectivity index (χ1v) is 22.4. The van der Waals surface area contributed by atoms with Gasteiger partial charge in [-0.1, -0.05) is 161 Å². The molecule has 5 nitrogen and oxygen atoms in total. The van der Waals surface area contributed by atoms with E-state index in [9.17, 15) is 0 Å². The van der Waals surface area contributed by atoms with E-state index in [1.165, 1.54) is 27.8 Å². The molecule has 0 saturated heterocycles. The van der Waals surface area contributed by atoms with Crippen LogP contribution in [0.1, 0.15) is 110 Å². The molecule has 0 saturated carbocycles. The van der Waals surface area contributed by atoms with Crippen molar-refractivity contribution in [3.63, 3.8) is 0 Å². The summed E-state index contributed by atoms with van der Waals surface area (Å²) in [6, 6.07) is 57.0. The van der Waals surface area contributed by atoms with Crippen LogP contribution >= 0.6 is 0 Å². The minimum Gasteiger partial charge on any atom is -0.509 e. The Bertz CT molecular complexity index is 3000. The zero-order valence-corrected chi connectivity index (χ0v) is 41.8. The van der Waals surface area contributed by atoms with E-state index in [2.05, 4.69) is 237 Å². The number of pyridine rings is 1. The SMILES string of the molecule is CC(C)(C)c1cc(N2C=C(c3ccccc3)N(c3[c-]c(Oc4[c-]c5c(cc4)c4cc(C(C)(C)C)ccc4n5-c4cc(C(C)(C)c5ccccc5)ccn4)ccc3)[CH-]2)cc(C(C)(C)C)c1.[Pt]. The van der Waals surface area contributed by atoms with Crippen LogP contribution in [0.3, 0.4) is 0 Å². The average Bonchev–Trinajstić information content (AvgIpc) is 3.86. The van der Waals surface area contributed by atoms with Crippen LogP contribution < -0.4 is 14.5 Å². The van der Waals surface area contributed by atoms with Crippen molar-refractivity contribution in [3.05, 3.63) is 204 Å². The molecular formula is C59H59N4OPt-3. The fourth-order valence-corrected chi connectivity index (χ4v) is 8.59. The van der Waals surface area contributed by atoms with Gasteiger partial charge in [0.1, 0.15) is 5.82 Å². The Morgan fingerprint density at radius 2 is 1.18 bits per heavy atom. The smallest absolute Gasteiger partial charge is 0.135 e. The van der Waals surface area contributed by atoms with Gasteiger partial charge in [0.05, 0.1) is 0 Å². The summed E-state index contributed by atoms with van der Waals surface area (Å²) in [6.45, 7) is 27.2. The summed E-state index contributed by atoms with van der Waals surface area (Å²) in [5, 5.41) is 2.25. The third kappa shape index (κ3) is 9.05. The largest absolute Gasteiger partial charge is 0.509 e. The van der Waals surface area contributed by atoms with Crippen LogP contribution in [0.5, 0.6) is 11.5 Å². The minimum atomic E-state index is -0.235. The molecule has 1 aliphatic rings. The molecule has 6 heteroatoms. The fourth-order valence-electron chi connectivity index (χ4n) is 8.59. The number of ether oxygens (including phenoxy) is 1. The second kappa shape index (κ2) is 17.1. The molecule has 2 aromatic heterocycles. The van der Waals surface area contributed by atoms with Gasteiger partial charge in [0.25, 0.3) is 0 Å². The maximum Gasteiger partial charge on any atom is 0.135 e. The standard InChI is InChI=1S/C59H59N4O.Pt/c1-56(2,3)42-25-28-52-51(34-42)50-27-26-49(37-53(50)63(52)55-35-43(29-30-60-55)59(10,11)41-21-16-13-17-22-41)64-48-24-18-23-46(36-48)62-39-61(38-54(62)40-19-14-12-15-20-40)47-32-44(57(4,5)6)31-45(33-47)58(7,8)9;/h12-35,38-39H,1-11H3;/q-3;. The van der Waals surface area contributed by atoms with Gasteiger partial charge in [-0.25, -0.2) is 4.98 Å². The Balaban J connectivity index is 0.00000576. The normalized spacial score (nSPS) is 13.6. The van der Waals surface area contributed by atoms with Gasteiger partial charge in [-0.2, -0.15) is 12.1 Å². The predicted octanol–water partition coefficient (Wildman–Crippen LogP) is 15.2. The Morgan fingerprint density at radius 1 is 0.538 bits per heavy atom. The zero-order valence-electron chi connectivity index (χ0n) is 39.5. The van der Waals surface area contributed by atoms with Crippen molar-refractivity contribution in [1.82, 2.24) is 9.55 Å². The predicted molar refractivity (Wildman–Crippen MR) is 268 cm³/mol. The Hall–Kier alpha value is -5.90. The average molecular weight is 1040 g/mol. The molecule has 9 rings (SSSR count). The molecule has 334 valence electrons. The summed E-state index contributed by atoms with van der Waals surface area (Å²) >= 11 is 0. The molecule has 0 bridgehead atoms. The summed E-state index contributed by atoms with van der Waals surface area (Å²) in [7, 11) is 0. The van der Waals surface area contributed by atoms with Gasteiger partial charge in [-0.3, -0.25) is 0 Å². The number of nitrogens with zero attached hydrogens (tertiary/aromatic N) is 4. The number of fused-ring (bicyclic) bond motifs is 3. The second-order valence-electron chi connectivity index (χ2n) is 20.8. The van der Waals surface area contributed by atoms with E-state index in [0.717, 1.165) is 50.3 Å². The summed E-state index contributed by atoms with van der Waals surface area (Å²) < 4.78 is 8.96. The summed E-state index contributed by atoms with van der Waals surface area (Å²) in [6.07, 6.45) is 4.15. The molecule has 0 unspecified atom stereocenters.